The monoisotopic (exact) mass is 404 g/mol. The standard InChI is InChI=1S/C19H21ClN4O2S/c1-11-17-18(23-16(22-11)8-6-13-5-7-15(20)27-13)24(10-21-17)14(12(2)25)9-19(3,4)26/h5,7,10,12,14,25-26H,9H2,1-4H3/t12?,14-/m1/s1. The fourth-order valence-corrected chi connectivity index (χ4v) is 3.77. The minimum absolute atomic E-state index is 0.355. The summed E-state index contributed by atoms with van der Waals surface area (Å²) in [7, 11) is 0. The van der Waals surface area contributed by atoms with E-state index in [9.17, 15) is 10.2 Å². The van der Waals surface area contributed by atoms with Crippen molar-refractivity contribution in [2.75, 3.05) is 0 Å². The molecule has 0 radical (unpaired) electrons. The van der Waals surface area contributed by atoms with E-state index in [0.717, 1.165) is 4.88 Å². The van der Waals surface area contributed by atoms with Crippen LogP contribution in [0.25, 0.3) is 11.2 Å². The summed E-state index contributed by atoms with van der Waals surface area (Å²) >= 11 is 7.33. The van der Waals surface area contributed by atoms with Gasteiger partial charge in [0, 0.05) is 0 Å². The number of aliphatic hydroxyl groups excluding tert-OH is 1. The molecule has 3 rings (SSSR count). The highest BCUT2D eigenvalue weighted by molar-refractivity contribution is 7.16. The lowest BCUT2D eigenvalue weighted by Gasteiger charge is -2.28. The van der Waals surface area contributed by atoms with E-state index in [0.29, 0.717) is 33.4 Å². The maximum absolute atomic E-state index is 10.3. The fraction of sp³-hybridized carbons (Fsp3) is 0.421. The van der Waals surface area contributed by atoms with Crippen LogP contribution in [0.15, 0.2) is 18.5 Å². The highest BCUT2D eigenvalue weighted by Gasteiger charge is 2.27. The minimum atomic E-state index is -0.943. The van der Waals surface area contributed by atoms with E-state index in [4.69, 9.17) is 11.6 Å². The van der Waals surface area contributed by atoms with Gasteiger partial charge in [0.1, 0.15) is 5.52 Å². The first-order valence-corrected chi connectivity index (χ1v) is 9.72. The summed E-state index contributed by atoms with van der Waals surface area (Å²) in [5, 5.41) is 20.5. The van der Waals surface area contributed by atoms with Crippen molar-refractivity contribution >= 4 is 34.1 Å². The van der Waals surface area contributed by atoms with Gasteiger partial charge in [-0.1, -0.05) is 11.6 Å². The van der Waals surface area contributed by atoms with Crippen LogP contribution in [-0.4, -0.2) is 41.4 Å². The maximum atomic E-state index is 10.3. The van der Waals surface area contributed by atoms with E-state index >= 15 is 0 Å². The third-order valence-electron chi connectivity index (χ3n) is 4.09. The van der Waals surface area contributed by atoms with Gasteiger partial charge in [0.15, 0.2) is 5.65 Å². The van der Waals surface area contributed by atoms with Crippen molar-refractivity contribution in [1.82, 2.24) is 19.5 Å². The normalized spacial score (nSPS) is 14.0. The van der Waals surface area contributed by atoms with Crippen LogP contribution in [0.2, 0.25) is 4.34 Å². The van der Waals surface area contributed by atoms with Crippen LogP contribution in [0.1, 0.15) is 49.6 Å². The van der Waals surface area contributed by atoms with Gasteiger partial charge in [-0.2, -0.15) is 0 Å². The number of thiophene rings is 1. The van der Waals surface area contributed by atoms with Crippen LogP contribution in [0, 0.1) is 18.8 Å². The van der Waals surface area contributed by atoms with Crippen molar-refractivity contribution in [1.29, 1.82) is 0 Å². The first kappa shape index (κ1) is 19.8. The molecule has 0 aliphatic rings. The molecule has 6 nitrogen and oxygen atoms in total. The van der Waals surface area contributed by atoms with Gasteiger partial charge in [-0.3, -0.25) is 0 Å². The van der Waals surface area contributed by atoms with Crippen LogP contribution < -0.4 is 0 Å². The van der Waals surface area contributed by atoms with E-state index < -0.39 is 11.7 Å². The molecule has 0 spiro atoms. The van der Waals surface area contributed by atoms with Gasteiger partial charge in [-0.15, -0.1) is 11.3 Å². The first-order chi connectivity index (χ1) is 12.6. The van der Waals surface area contributed by atoms with Crippen molar-refractivity contribution in [3.05, 3.63) is 39.2 Å². The molecule has 0 amide bonds. The molecule has 0 bridgehead atoms. The Hall–Kier alpha value is -1.98. The van der Waals surface area contributed by atoms with Crippen LogP contribution >= 0.6 is 22.9 Å². The summed E-state index contributed by atoms with van der Waals surface area (Å²) in [6.45, 7) is 6.97. The largest absolute Gasteiger partial charge is 0.391 e. The molecule has 27 heavy (non-hydrogen) atoms. The third kappa shape index (κ3) is 4.66. The van der Waals surface area contributed by atoms with Crippen molar-refractivity contribution in [3.8, 4) is 11.8 Å². The molecule has 0 saturated carbocycles. The Morgan fingerprint density at radius 2 is 2.04 bits per heavy atom. The Labute approximate surface area is 166 Å². The molecule has 0 fully saturated rings. The van der Waals surface area contributed by atoms with Crippen LogP contribution in [0.4, 0.5) is 0 Å². The maximum Gasteiger partial charge on any atom is 0.207 e. The minimum Gasteiger partial charge on any atom is -0.391 e. The number of hydrogen-bond donors (Lipinski definition) is 2. The number of imidazole rings is 1. The second kappa shape index (κ2) is 7.56. The molecule has 3 aromatic rings. The lowest BCUT2D eigenvalue weighted by atomic mass is 9.96. The van der Waals surface area contributed by atoms with Gasteiger partial charge in [-0.25, -0.2) is 15.0 Å². The van der Waals surface area contributed by atoms with Crippen molar-refractivity contribution < 1.29 is 10.2 Å². The summed E-state index contributed by atoms with van der Waals surface area (Å²) in [6.07, 6.45) is 1.30. The molecule has 0 aromatic carbocycles. The predicted octanol–water partition coefficient (Wildman–Crippen LogP) is 3.33. The Morgan fingerprint density at radius 1 is 1.30 bits per heavy atom. The molecule has 1 unspecified atom stereocenters. The zero-order valence-electron chi connectivity index (χ0n) is 15.6. The van der Waals surface area contributed by atoms with E-state index in [2.05, 4.69) is 26.8 Å². The summed E-state index contributed by atoms with van der Waals surface area (Å²) in [5.41, 5.74) is 1.01. The van der Waals surface area contributed by atoms with Gasteiger partial charge in [0.05, 0.1) is 39.0 Å². The van der Waals surface area contributed by atoms with Crippen molar-refractivity contribution in [2.24, 2.45) is 0 Å². The van der Waals surface area contributed by atoms with Gasteiger partial charge in [0.2, 0.25) is 5.82 Å². The number of halogens is 1. The molecular weight excluding hydrogens is 384 g/mol. The number of nitrogens with zero attached hydrogens (tertiary/aromatic N) is 4. The number of aromatic nitrogens is 4. The molecule has 0 aliphatic carbocycles. The number of rotatable bonds is 4. The molecule has 8 heteroatoms. The third-order valence-corrected chi connectivity index (χ3v) is 5.24. The second-order valence-corrected chi connectivity index (χ2v) is 8.85. The molecular formula is C19H21ClN4O2S. The van der Waals surface area contributed by atoms with Gasteiger partial charge in [0.25, 0.3) is 0 Å². The molecule has 0 saturated heterocycles. The Balaban J connectivity index is 2.05. The number of fused-ring (bicyclic) bond motifs is 1. The molecule has 0 aliphatic heterocycles. The number of hydrogen-bond acceptors (Lipinski definition) is 6. The molecule has 142 valence electrons. The summed E-state index contributed by atoms with van der Waals surface area (Å²) in [4.78, 5) is 14.2. The predicted molar refractivity (Wildman–Crippen MR) is 107 cm³/mol. The lowest BCUT2D eigenvalue weighted by Crippen LogP contribution is -2.31. The number of aryl methyl sites for hydroxylation is 1. The topological polar surface area (TPSA) is 84.1 Å². The smallest absolute Gasteiger partial charge is 0.207 e. The van der Waals surface area contributed by atoms with Crippen molar-refractivity contribution in [3.63, 3.8) is 0 Å². The van der Waals surface area contributed by atoms with E-state index in [-0.39, 0.29) is 6.04 Å². The van der Waals surface area contributed by atoms with Crippen LogP contribution in [-0.2, 0) is 0 Å². The van der Waals surface area contributed by atoms with E-state index in [1.807, 2.05) is 13.0 Å². The van der Waals surface area contributed by atoms with Gasteiger partial charge >= 0.3 is 0 Å². The Morgan fingerprint density at radius 3 is 2.63 bits per heavy atom. The molecule has 2 N–H and O–H groups in total. The summed E-state index contributed by atoms with van der Waals surface area (Å²) < 4.78 is 2.47. The average molecular weight is 405 g/mol. The summed E-state index contributed by atoms with van der Waals surface area (Å²) in [5.74, 6) is 6.36. The van der Waals surface area contributed by atoms with E-state index in [1.54, 1.807) is 37.7 Å². The number of aliphatic hydroxyl groups is 2. The molecule has 3 heterocycles. The molecule has 3 aromatic heterocycles. The van der Waals surface area contributed by atoms with Crippen LogP contribution in [0.5, 0.6) is 0 Å². The Kier molecular flexibility index (Phi) is 5.54. The Bertz CT molecular complexity index is 1020. The quantitative estimate of drug-likeness (QED) is 0.651. The highest BCUT2D eigenvalue weighted by atomic mass is 35.5. The zero-order valence-corrected chi connectivity index (χ0v) is 17.1. The SMILES string of the molecule is Cc1nc(C#Cc2ccc(Cl)s2)nc2c1ncn2[C@H](CC(C)(C)O)C(C)O. The molecule has 2 atom stereocenters. The highest BCUT2D eigenvalue weighted by Crippen LogP contribution is 2.27. The van der Waals surface area contributed by atoms with Gasteiger partial charge in [-0.05, 0) is 58.1 Å². The van der Waals surface area contributed by atoms with Crippen molar-refractivity contribution in [2.45, 2.75) is 51.9 Å². The lowest BCUT2D eigenvalue weighted by molar-refractivity contribution is 0.0239. The van der Waals surface area contributed by atoms with Crippen LogP contribution in [0.3, 0.4) is 0 Å². The first-order valence-electron chi connectivity index (χ1n) is 8.53. The second-order valence-electron chi connectivity index (χ2n) is 7.13. The van der Waals surface area contributed by atoms with Gasteiger partial charge < -0.3 is 14.8 Å². The average Bonchev–Trinajstić information content (AvgIpc) is 3.16. The van der Waals surface area contributed by atoms with E-state index in [1.165, 1.54) is 11.3 Å². The summed E-state index contributed by atoms with van der Waals surface area (Å²) in [6, 6.07) is 3.27. The fourth-order valence-electron chi connectivity index (χ4n) is 2.87. The zero-order chi connectivity index (χ0) is 19.8.